The summed E-state index contributed by atoms with van der Waals surface area (Å²) in [5.41, 5.74) is 1.30. The van der Waals surface area contributed by atoms with Gasteiger partial charge in [0, 0.05) is 0 Å². The minimum absolute atomic E-state index is 0.202. The van der Waals surface area contributed by atoms with E-state index in [-0.39, 0.29) is 6.10 Å². The van der Waals surface area contributed by atoms with E-state index < -0.39 is 0 Å². The van der Waals surface area contributed by atoms with Crippen molar-refractivity contribution in [2.45, 2.75) is 32.3 Å². The lowest BCUT2D eigenvalue weighted by atomic mass is 10.1. The zero-order valence-corrected chi connectivity index (χ0v) is 8.69. The number of hydrogen-bond donors (Lipinski definition) is 1. The lowest BCUT2D eigenvalue weighted by Crippen LogP contribution is -2.06. The molecule has 0 saturated heterocycles. The Balaban J connectivity index is 2.27. The molecule has 1 aromatic rings. The molecule has 0 aliphatic rings. The molecule has 0 saturated carbocycles. The highest BCUT2D eigenvalue weighted by Gasteiger charge is 2.01. The molecule has 0 aliphatic heterocycles. The average molecular weight is 190 g/mol. The second-order valence-electron chi connectivity index (χ2n) is 3.48. The van der Waals surface area contributed by atoms with Crippen LogP contribution in [-0.4, -0.2) is 11.2 Å². The molecule has 1 aromatic carbocycles. The summed E-state index contributed by atoms with van der Waals surface area (Å²) in [7, 11) is 0. The minimum Gasteiger partial charge on any atom is -0.393 e. The maximum atomic E-state index is 9.59. The van der Waals surface area contributed by atoms with Gasteiger partial charge in [0.05, 0.1) is 6.10 Å². The summed E-state index contributed by atoms with van der Waals surface area (Å²) in [6.07, 6.45) is 6.35. The number of rotatable bonds is 5. The maximum absolute atomic E-state index is 9.59. The monoisotopic (exact) mass is 190 g/mol. The summed E-state index contributed by atoms with van der Waals surface area (Å²) in [6.45, 7) is 1.98. The summed E-state index contributed by atoms with van der Waals surface area (Å²) in [5, 5.41) is 9.59. The molecule has 0 radical (unpaired) electrons. The largest absolute Gasteiger partial charge is 0.393 e. The van der Waals surface area contributed by atoms with Gasteiger partial charge in [-0.3, -0.25) is 0 Å². The zero-order valence-electron chi connectivity index (χ0n) is 8.69. The van der Waals surface area contributed by atoms with E-state index in [2.05, 4.69) is 12.1 Å². The third-order valence-corrected chi connectivity index (χ3v) is 2.25. The first-order chi connectivity index (χ1) is 6.83. The molecule has 1 heteroatoms. The molecule has 1 unspecified atom stereocenters. The Hall–Kier alpha value is -1.08. The smallest absolute Gasteiger partial charge is 0.0577 e. The van der Waals surface area contributed by atoms with Crippen molar-refractivity contribution >= 4 is 0 Å². The lowest BCUT2D eigenvalue weighted by Gasteiger charge is -2.07. The van der Waals surface area contributed by atoms with E-state index in [9.17, 15) is 5.11 Å². The molecule has 1 rings (SSSR count). The highest BCUT2D eigenvalue weighted by Crippen LogP contribution is 2.07. The summed E-state index contributed by atoms with van der Waals surface area (Å²) in [4.78, 5) is 0. The molecule has 76 valence electrons. The zero-order chi connectivity index (χ0) is 10.2. The van der Waals surface area contributed by atoms with Crippen molar-refractivity contribution in [3.05, 3.63) is 48.0 Å². The number of benzene rings is 1. The first kappa shape index (κ1) is 11.0. The SMILES string of the molecule is C/C=C/CC(O)CCc1ccccc1. The van der Waals surface area contributed by atoms with Gasteiger partial charge in [-0.2, -0.15) is 0 Å². The quantitative estimate of drug-likeness (QED) is 0.708. The van der Waals surface area contributed by atoms with Crippen LogP contribution < -0.4 is 0 Å². The Bertz CT molecular complexity index is 264. The Kier molecular flexibility index (Phi) is 5.02. The van der Waals surface area contributed by atoms with Gasteiger partial charge in [-0.05, 0) is 31.7 Å². The van der Waals surface area contributed by atoms with Crippen molar-refractivity contribution < 1.29 is 5.11 Å². The van der Waals surface area contributed by atoms with Crippen LogP contribution in [0.15, 0.2) is 42.5 Å². The van der Waals surface area contributed by atoms with Crippen LogP contribution in [0, 0.1) is 0 Å². The van der Waals surface area contributed by atoms with Gasteiger partial charge in [-0.15, -0.1) is 0 Å². The summed E-state index contributed by atoms with van der Waals surface area (Å²) in [5.74, 6) is 0. The van der Waals surface area contributed by atoms with E-state index in [4.69, 9.17) is 0 Å². The fourth-order valence-corrected chi connectivity index (χ4v) is 1.39. The standard InChI is InChI=1S/C13H18O/c1-2-3-9-13(14)11-10-12-7-5-4-6-8-12/h2-8,13-14H,9-11H2,1H3/b3-2+. The highest BCUT2D eigenvalue weighted by atomic mass is 16.3. The molecule has 0 aromatic heterocycles. The Morgan fingerprint density at radius 3 is 2.64 bits per heavy atom. The van der Waals surface area contributed by atoms with Crippen LogP contribution >= 0.6 is 0 Å². The molecule has 1 N–H and O–H groups in total. The lowest BCUT2D eigenvalue weighted by molar-refractivity contribution is 0.168. The van der Waals surface area contributed by atoms with Crippen LogP contribution in [0.25, 0.3) is 0 Å². The third-order valence-electron chi connectivity index (χ3n) is 2.25. The van der Waals surface area contributed by atoms with E-state index in [1.807, 2.05) is 37.3 Å². The minimum atomic E-state index is -0.202. The summed E-state index contributed by atoms with van der Waals surface area (Å²) >= 11 is 0. The molecular formula is C13H18O. The molecule has 0 bridgehead atoms. The molecular weight excluding hydrogens is 172 g/mol. The third kappa shape index (κ3) is 4.24. The predicted octanol–water partition coefficient (Wildman–Crippen LogP) is 2.95. The molecule has 1 atom stereocenters. The number of aryl methyl sites for hydroxylation is 1. The van der Waals surface area contributed by atoms with Crippen LogP contribution in [0.5, 0.6) is 0 Å². The van der Waals surface area contributed by atoms with E-state index >= 15 is 0 Å². The molecule has 0 spiro atoms. The van der Waals surface area contributed by atoms with E-state index in [1.54, 1.807) is 0 Å². The number of hydrogen-bond acceptors (Lipinski definition) is 1. The number of allylic oxidation sites excluding steroid dienone is 1. The fraction of sp³-hybridized carbons (Fsp3) is 0.385. The molecule has 1 nitrogen and oxygen atoms in total. The van der Waals surface area contributed by atoms with Gasteiger partial charge in [0.25, 0.3) is 0 Å². The van der Waals surface area contributed by atoms with E-state index in [1.165, 1.54) is 5.56 Å². The van der Waals surface area contributed by atoms with Crippen LogP contribution in [0.4, 0.5) is 0 Å². The van der Waals surface area contributed by atoms with Gasteiger partial charge in [0.1, 0.15) is 0 Å². The van der Waals surface area contributed by atoms with Crippen LogP contribution in [0.3, 0.4) is 0 Å². The molecule has 0 aliphatic carbocycles. The van der Waals surface area contributed by atoms with Crippen molar-refractivity contribution in [3.8, 4) is 0 Å². The van der Waals surface area contributed by atoms with Crippen molar-refractivity contribution in [1.82, 2.24) is 0 Å². The molecule has 0 heterocycles. The van der Waals surface area contributed by atoms with Crippen LogP contribution in [0.2, 0.25) is 0 Å². The first-order valence-corrected chi connectivity index (χ1v) is 5.16. The fourth-order valence-electron chi connectivity index (χ4n) is 1.39. The Labute approximate surface area is 86.1 Å². The predicted molar refractivity (Wildman–Crippen MR) is 60.2 cm³/mol. The van der Waals surface area contributed by atoms with Gasteiger partial charge < -0.3 is 5.11 Å². The van der Waals surface area contributed by atoms with Crippen molar-refractivity contribution in [1.29, 1.82) is 0 Å². The summed E-state index contributed by atoms with van der Waals surface area (Å²) in [6, 6.07) is 10.3. The number of aliphatic hydroxyl groups excluding tert-OH is 1. The van der Waals surface area contributed by atoms with Crippen LogP contribution in [0.1, 0.15) is 25.3 Å². The van der Waals surface area contributed by atoms with Gasteiger partial charge in [0.15, 0.2) is 0 Å². The van der Waals surface area contributed by atoms with Gasteiger partial charge in [0.2, 0.25) is 0 Å². The van der Waals surface area contributed by atoms with E-state index in [0.717, 1.165) is 19.3 Å². The van der Waals surface area contributed by atoms with Crippen molar-refractivity contribution in [2.75, 3.05) is 0 Å². The topological polar surface area (TPSA) is 20.2 Å². The molecule has 14 heavy (non-hydrogen) atoms. The highest BCUT2D eigenvalue weighted by molar-refractivity contribution is 5.14. The maximum Gasteiger partial charge on any atom is 0.0577 e. The molecule has 0 amide bonds. The van der Waals surface area contributed by atoms with E-state index in [0.29, 0.717) is 0 Å². The Morgan fingerprint density at radius 2 is 2.00 bits per heavy atom. The van der Waals surface area contributed by atoms with Gasteiger partial charge >= 0.3 is 0 Å². The van der Waals surface area contributed by atoms with Crippen molar-refractivity contribution in [2.24, 2.45) is 0 Å². The molecule has 0 fully saturated rings. The second kappa shape index (κ2) is 6.39. The normalized spacial score (nSPS) is 13.3. The second-order valence-corrected chi connectivity index (χ2v) is 3.48. The summed E-state index contributed by atoms with van der Waals surface area (Å²) < 4.78 is 0. The van der Waals surface area contributed by atoms with Crippen molar-refractivity contribution in [3.63, 3.8) is 0 Å². The number of aliphatic hydroxyl groups is 1. The average Bonchev–Trinajstić information content (AvgIpc) is 2.25. The van der Waals surface area contributed by atoms with Crippen LogP contribution in [-0.2, 0) is 6.42 Å². The Morgan fingerprint density at radius 1 is 1.29 bits per heavy atom. The first-order valence-electron chi connectivity index (χ1n) is 5.16. The van der Waals surface area contributed by atoms with Gasteiger partial charge in [-0.1, -0.05) is 42.5 Å². The van der Waals surface area contributed by atoms with Gasteiger partial charge in [-0.25, -0.2) is 0 Å².